The highest BCUT2D eigenvalue weighted by atomic mass is 19.1. The summed E-state index contributed by atoms with van der Waals surface area (Å²) in [6.07, 6.45) is 2.91. The number of hydrogen-bond donors (Lipinski definition) is 3. The fraction of sp³-hybridized carbons (Fsp3) is 0.0690. The van der Waals surface area contributed by atoms with Crippen molar-refractivity contribution in [1.82, 2.24) is 9.97 Å². The van der Waals surface area contributed by atoms with E-state index in [1.54, 1.807) is 36.5 Å². The van der Waals surface area contributed by atoms with Gasteiger partial charge in [-0.1, -0.05) is 12.1 Å². The molecule has 1 amide bonds. The lowest BCUT2D eigenvalue weighted by atomic mass is 9.99. The molecule has 0 saturated heterocycles. The highest BCUT2D eigenvalue weighted by Crippen LogP contribution is 2.29. The second-order valence-corrected chi connectivity index (χ2v) is 8.79. The van der Waals surface area contributed by atoms with E-state index in [0.29, 0.717) is 27.7 Å². The SMILES string of the molecule is NC(=O)c1ccc(-c2cnc3[nH]cc(C(=O)c4c(F)ccc(NCCc5cc(F)ccc5F)c4F)c3c2)cc1. The number of carbonyl (C=O) groups is 2. The summed E-state index contributed by atoms with van der Waals surface area (Å²) in [5.74, 6) is -4.86. The molecular formula is C29H20F4N4O2. The Morgan fingerprint density at radius 3 is 2.38 bits per heavy atom. The number of primary amides is 1. The van der Waals surface area contributed by atoms with Crippen molar-refractivity contribution in [3.05, 3.63) is 119 Å². The van der Waals surface area contributed by atoms with Crippen molar-refractivity contribution in [2.24, 2.45) is 5.73 Å². The molecule has 4 N–H and O–H groups in total. The number of carbonyl (C=O) groups excluding carboxylic acids is 2. The molecule has 3 aromatic carbocycles. The summed E-state index contributed by atoms with van der Waals surface area (Å²) in [4.78, 5) is 31.8. The molecule has 5 aromatic rings. The Bertz CT molecular complexity index is 1730. The minimum atomic E-state index is -1.11. The molecule has 6 nitrogen and oxygen atoms in total. The third-order valence-electron chi connectivity index (χ3n) is 6.31. The van der Waals surface area contributed by atoms with Gasteiger partial charge in [0.15, 0.2) is 5.82 Å². The fourth-order valence-electron chi connectivity index (χ4n) is 4.27. The summed E-state index contributed by atoms with van der Waals surface area (Å²) in [7, 11) is 0. The molecule has 0 spiro atoms. The summed E-state index contributed by atoms with van der Waals surface area (Å²) in [5, 5.41) is 3.06. The lowest BCUT2D eigenvalue weighted by Crippen LogP contribution is -2.12. The number of halogens is 4. The zero-order chi connectivity index (χ0) is 27.7. The molecule has 0 aliphatic rings. The van der Waals surface area contributed by atoms with Crippen molar-refractivity contribution in [1.29, 1.82) is 0 Å². The minimum absolute atomic E-state index is 0.00453. The van der Waals surface area contributed by atoms with Crippen LogP contribution in [0.4, 0.5) is 23.2 Å². The van der Waals surface area contributed by atoms with Crippen LogP contribution in [0.2, 0.25) is 0 Å². The number of H-pyrrole nitrogens is 1. The third-order valence-corrected chi connectivity index (χ3v) is 6.31. The van der Waals surface area contributed by atoms with Crippen molar-refractivity contribution in [3.63, 3.8) is 0 Å². The second-order valence-electron chi connectivity index (χ2n) is 8.79. The summed E-state index contributed by atoms with van der Waals surface area (Å²) in [5.41, 5.74) is 6.40. The molecule has 0 unspecified atom stereocenters. The highest BCUT2D eigenvalue weighted by molar-refractivity contribution is 6.16. The number of aromatic nitrogens is 2. The first-order valence-electron chi connectivity index (χ1n) is 11.8. The molecule has 0 aliphatic heterocycles. The lowest BCUT2D eigenvalue weighted by Gasteiger charge is -2.12. The summed E-state index contributed by atoms with van der Waals surface area (Å²) >= 11 is 0. The maximum absolute atomic E-state index is 15.4. The number of fused-ring (bicyclic) bond motifs is 1. The molecule has 5 rings (SSSR count). The number of benzene rings is 3. The van der Waals surface area contributed by atoms with Gasteiger partial charge in [-0.15, -0.1) is 0 Å². The molecule has 0 fully saturated rings. The monoisotopic (exact) mass is 532 g/mol. The van der Waals surface area contributed by atoms with E-state index in [9.17, 15) is 22.8 Å². The molecule has 0 saturated carbocycles. The van der Waals surface area contributed by atoms with E-state index in [1.807, 2.05) is 0 Å². The Labute approximate surface area is 219 Å². The largest absolute Gasteiger partial charge is 0.382 e. The number of amides is 1. The number of nitrogens with two attached hydrogens (primary N) is 1. The highest BCUT2D eigenvalue weighted by Gasteiger charge is 2.24. The Morgan fingerprint density at radius 2 is 1.64 bits per heavy atom. The summed E-state index contributed by atoms with van der Waals surface area (Å²) < 4.78 is 57.4. The first-order chi connectivity index (χ1) is 18.7. The molecular weight excluding hydrogens is 512 g/mol. The van der Waals surface area contributed by atoms with Gasteiger partial charge in [0, 0.05) is 41.0 Å². The van der Waals surface area contributed by atoms with Crippen molar-refractivity contribution < 1.29 is 27.2 Å². The molecule has 39 heavy (non-hydrogen) atoms. The average molecular weight is 532 g/mol. The van der Waals surface area contributed by atoms with Crippen LogP contribution in [-0.2, 0) is 6.42 Å². The van der Waals surface area contributed by atoms with E-state index in [4.69, 9.17) is 5.73 Å². The molecule has 0 bridgehead atoms. The second kappa shape index (κ2) is 10.4. The maximum Gasteiger partial charge on any atom is 0.248 e. The molecule has 0 atom stereocenters. The van der Waals surface area contributed by atoms with E-state index in [-0.39, 0.29) is 29.8 Å². The normalized spacial score (nSPS) is 11.1. The van der Waals surface area contributed by atoms with Crippen LogP contribution < -0.4 is 11.1 Å². The van der Waals surface area contributed by atoms with Crippen molar-refractivity contribution >= 4 is 28.4 Å². The van der Waals surface area contributed by atoms with Crippen LogP contribution >= 0.6 is 0 Å². The molecule has 2 heterocycles. The number of ketones is 1. The summed E-state index contributed by atoms with van der Waals surface area (Å²) in [6.45, 7) is 0.00542. The Morgan fingerprint density at radius 1 is 0.897 bits per heavy atom. The first-order valence-corrected chi connectivity index (χ1v) is 11.8. The van der Waals surface area contributed by atoms with Crippen LogP contribution in [0.1, 0.15) is 31.8 Å². The number of aromatic amines is 1. The average Bonchev–Trinajstić information content (AvgIpc) is 3.35. The van der Waals surface area contributed by atoms with E-state index in [0.717, 1.165) is 30.3 Å². The number of anilines is 1. The third kappa shape index (κ3) is 5.08. The van der Waals surface area contributed by atoms with Crippen LogP contribution in [0.5, 0.6) is 0 Å². The number of hydrogen-bond acceptors (Lipinski definition) is 4. The van der Waals surface area contributed by atoms with E-state index >= 15 is 4.39 Å². The summed E-state index contributed by atoms with van der Waals surface area (Å²) in [6, 6.07) is 13.2. The standard InChI is InChI=1S/C29H20F4N4O2/c30-19-5-6-22(31)17(11-19)9-10-35-24-8-7-23(32)25(26(24)33)27(38)21-14-37-29-20(21)12-18(13-36-29)15-1-3-16(4-2-15)28(34)39/h1-8,11-14,35H,9-10H2,(H2,34,39)(H,36,37). The quantitative estimate of drug-likeness (QED) is 0.174. The van der Waals surface area contributed by atoms with E-state index in [1.165, 1.54) is 6.20 Å². The number of nitrogens with zero attached hydrogens (tertiary/aromatic N) is 1. The number of nitrogens with one attached hydrogen (secondary N) is 2. The maximum atomic E-state index is 15.4. The van der Waals surface area contributed by atoms with Gasteiger partial charge in [-0.2, -0.15) is 0 Å². The van der Waals surface area contributed by atoms with Crippen LogP contribution in [0.3, 0.4) is 0 Å². The van der Waals surface area contributed by atoms with Gasteiger partial charge in [-0.25, -0.2) is 22.5 Å². The Balaban J connectivity index is 1.43. The van der Waals surface area contributed by atoms with Crippen molar-refractivity contribution in [2.75, 3.05) is 11.9 Å². The predicted molar refractivity (Wildman–Crippen MR) is 138 cm³/mol. The van der Waals surface area contributed by atoms with Gasteiger partial charge in [0.25, 0.3) is 0 Å². The van der Waals surface area contributed by atoms with Crippen LogP contribution in [0.25, 0.3) is 22.2 Å². The minimum Gasteiger partial charge on any atom is -0.382 e. The molecule has 2 aromatic heterocycles. The Kier molecular flexibility index (Phi) is 6.84. The van der Waals surface area contributed by atoms with Crippen LogP contribution in [-0.4, -0.2) is 28.2 Å². The van der Waals surface area contributed by atoms with Gasteiger partial charge in [0.2, 0.25) is 11.7 Å². The van der Waals surface area contributed by atoms with Crippen molar-refractivity contribution in [3.8, 4) is 11.1 Å². The zero-order valence-electron chi connectivity index (χ0n) is 20.2. The zero-order valence-corrected chi connectivity index (χ0v) is 20.2. The van der Waals surface area contributed by atoms with Gasteiger partial charge in [-0.3, -0.25) is 9.59 Å². The van der Waals surface area contributed by atoms with E-state index < -0.39 is 40.5 Å². The molecule has 0 aliphatic carbocycles. The molecule has 196 valence electrons. The Hall–Kier alpha value is -4.99. The van der Waals surface area contributed by atoms with Gasteiger partial charge < -0.3 is 16.0 Å². The first kappa shape index (κ1) is 25.7. The van der Waals surface area contributed by atoms with Crippen LogP contribution in [0.15, 0.2) is 73.1 Å². The van der Waals surface area contributed by atoms with Crippen molar-refractivity contribution in [2.45, 2.75) is 6.42 Å². The topological polar surface area (TPSA) is 101 Å². The van der Waals surface area contributed by atoms with Gasteiger partial charge >= 0.3 is 0 Å². The number of rotatable bonds is 8. The predicted octanol–water partition coefficient (Wildman–Crippen LogP) is 5.77. The van der Waals surface area contributed by atoms with E-state index in [2.05, 4.69) is 15.3 Å². The van der Waals surface area contributed by atoms with Gasteiger partial charge in [0.1, 0.15) is 23.1 Å². The fourth-order valence-corrected chi connectivity index (χ4v) is 4.27. The van der Waals surface area contributed by atoms with Gasteiger partial charge in [0.05, 0.1) is 11.3 Å². The van der Waals surface area contributed by atoms with Gasteiger partial charge in [-0.05, 0) is 66.1 Å². The molecule has 0 radical (unpaired) electrons. The molecule has 10 heteroatoms. The lowest BCUT2D eigenvalue weighted by molar-refractivity contribution is 0.0998. The number of pyridine rings is 1. The smallest absolute Gasteiger partial charge is 0.248 e. The van der Waals surface area contributed by atoms with Crippen LogP contribution in [0, 0.1) is 23.3 Å².